The number of allylic oxidation sites excluding steroid dienone is 2. The molecule has 0 bridgehead atoms. The average molecular weight is 475 g/mol. The van der Waals surface area contributed by atoms with Crippen molar-refractivity contribution in [2.45, 2.75) is 82.2 Å². The summed E-state index contributed by atoms with van der Waals surface area (Å²) in [7, 11) is 0. The Morgan fingerprint density at radius 1 is 1.21 bits per heavy atom. The number of carbonyl (C=O) groups is 3. The highest BCUT2D eigenvalue weighted by atomic mass is 16.5. The van der Waals surface area contributed by atoms with Gasteiger partial charge in [0.1, 0.15) is 25.1 Å². The topological polar surface area (TPSA) is 130 Å². The minimum Gasteiger partial charge on any atom is -0.497 e. The van der Waals surface area contributed by atoms with E-state index in [0.29, 0.717) is 38.6 Å². The summed E-state index contributed by atoms with van der Waals surface area (Å²) < 4.78 is 10.8. The van der Waals surface area contributed by atoms with Crippen molar-refractivity contribution in [1.29, 1.82) is 0 Å². The van der Waals surface area contributed by atoms with Crippen LogP contribution in [-0.4, -0.2) is 63.4 Å². The maximum absolute atomic E-state index is 13.9. The molecule has 5 aliphatic rings. The lowest BCUT2D eigenvalue weighted by Crippen LogP contribution is -2.74. The summed E-state index contributed by atoms with van der Waals surface area (Å²) in [5.74, 6) is -2.78. The highest BCUT2D eigenvalue weighted by Crippen LogP contribution is 2.69. The number of aldehydes is 1. The Morgan fingerprint density at radius 2 is 1.97 bits per heavy atom. The predicted octanol–water partition coefficient (Wildman–Crippen LogP) is 1.61. The van der Waals surface area contributed by atoms with Crippen molar-refractivity contribution in [2.24, 2.45) is 28.6 Å². The van der Waals surface area contributed by atoms with Gasteiger partial charge < -0.3 is 29.6 Å². The molecule has 8 heteroatoms. The third-order valence-corrected chi connectivity index (χ3v) is 10.0. The second-order valence-electron chi connectivity index (χ2n) is 11.2. The number of ether oxygens (including phenoxy) is 2. The smallest absolute Gasteiger partial charge is 0.302 e. The zero-order chi connectivity index (χ0) is 24.5. The van der Waals surface area contributed by atoms with Gasteiger partial charge in [-0.1, -0.05) is 13.0 Å². The molecule has 1 heterocycles. The maximum atomic E-state index is 13.9. The largest absolute Gasteiger partial charge is 0.497 e. The van der Waals surface area contributed by atoms with Crippen LogP contribution in [0.4, 0.5) is 0 Å². The minimum atomic E-state index is -1.55. The third kappa shape index (κ3) is 2.85. The van der Waals surface area contributed by atoms with Gasteiger partial charge in [0.2, 0.25) is 0 Å². The molecular formula is C26H34O8. The normalized spacial score (nSPS) is 49.7. The van der Waals surface area contributed by atoms with Crippen LogP contribution in [0.3, 0.4) is 0 Å². The lowest BCUT2D eigenvalue weighted by atomic mass is 9.40. The van der Waals surface area contributed by atoms with Crippen molar-refractivity contribution in [3.05, 3.63) is 24.0 Å². The molecule has 9 unspecified atom stereocenters. The average Bonchev–Trinajstić information content (AvgIpc) is 3.09. The molecule has 0 spiro atoms. The Hall–Kier alpha value is -2.03. The number of fused-ring (bicyclic) bond motifs is 5. The van der Waals surface area contributed by atoms with Crippen LogP contribution >= 0.6 is 0 Å². The Labute approximate surface area is 199 Å². The fraction of sp³-hybridized carbons (Fsp3) is 0.731. The van der Waals surface area contributed by atoms with Gasteiger partial charge in [-0.25, -0.2) is 0 Å². The zero-order valence-electron chi connectivity index (χ0n) is 19.7. The van der Waals surface area contributed by atoms with Gasteiger partial charge in [0, 0.05) is 24.7 Å². The highest BCUT2D eigenvalue weighted by molar-refractivity contribution is 5.92. The minimum absolute atomic E-state index is 0.0608. The standard InChI is InChI=1S/C26H34O8/c1-15(28)34-17-5-8-24(14-27)20-19(6-9-25(24,31)12-17)26(32)10-7-18(16-4-3-11-33-13-16)23(26,2)22(30)21(20)29/h3-4,13-14,17-20,22,30-32H,5-12H2,1-2H3. The number of rotatable bonds is 3. The number of carbonyl (C=O) groups excluding carboxylic acids is 3. The molecule has 9 atom stereocenters. The SMILES string of the molecule is CC(=O)OC1CCC2(C=O)C3C(=O)C(O)C4(C)C(C5=COCC=C5)CCC4(O)C3CCC2(O)C1. The van der Waals surface area contributed by atoms with Crippen LogP contribution in [0, 0.1) is 28.6 Å². The summed E-state index contributed by atoms with van der Waals surface area (Å²) in [4.78, 5) is 38.1. The number of aliphatic hydroxyl groups excluding tert-OH is 1. The molecule has 8 nitrogen and oxygen atoms in total. The van der Waals surface area contributed by atoms with E-state index in [1.54, 1.807) is 13.2 Å². The molecule has 4 saturated carbocycles. The molecular weight excluding hydrogens is 440 g/mol. The van der Waals surface area contributed by atoms with Gasteiger partial charge >= 0.3 is 5.97 Å². The molecule has 3 N–H and O–H groups in total. The van der Waals surface area contributed by atoms with E-state index in [1.165, 1.54) is 6.92 Å². The lowest BCUT2D eigenvalue weighted by Gasteiger charge is -2.65. The van der Waals surface area contributed by atoms with Crippen molar-refractivity contribution >= 4 is 18.0 Å². The Balaban J connectivity index is 1.55. The molecule has 34 heavy (non-hydrogen) atoms. The number of aliphatic hydroxyl groups is 3. The van der Waals surface area contributed by atoms with Gasteiger partial charge in [-0.3, -0.25) is 9.59 Å². The lowest BCUT2D eigenvalue weighted by molar-refractivity contribution is -0.257. The van der Waals surface area contributed by atoms with Gasteiger partial charge in [-0.05, 0) is 62.0 Å². The van der Waals surface area contributed by atoms with Crippen molar-refractivity contribution < 1.29 is 39.2 Å². The van der Waals surface area contributed by atoms with E-state index in [2.05, 4.69) is 0 Å². The second-order valence-corrected chi connectivity index (χ2v) is 11.2. The van der Waals surface area contributed by atoms with E-state index in [0.717, 1.165) is 5.57 Å². The van der Waals surface area contributed by atoms with Crippen molar-refractivity contribution in [3.8, 4) is 0 Å². The molecule has 186 valence electrons. The van der Waals surface area contributed by atoms with E-state index in [4.69, 9.17) is 9.47 Å². The van der Waals surface area contributed by atoms with Gasteiger partial charge in [-0.15, -0.1) is 0 Å². The van der Waals surface area contributed by atoms with Gasteiger partial charge in [0.15, 0.2) is 5.78 Å². The second kappa shape index (κ2) is 7.73. The first-order chi connectivity index (χ1) is 16.0. The number of hydrogen-bond donors (Lipinski definition) is 3. The molecule has 0 radical (unpaired) electrons. The molecule has 1 aliphatic heterocycles. The molecule has 0 amide bonds. The molecule has 4 fully saturated rings. The van der Waals surface area contributed by atoms with Crippen LogP contribution in [0.5, 0.6) is 0 Å². The molecule has 4 aliphatic carbocycles. The monoisotopic (exact) mass is 474 g/mol. The first-order valence-electron chi connectivity index (χ1n) is 12.3. The Morgan fingerprint density at radius 3 is 2.62 bits per heavy atom. The zero-order valence-corrected chi connectivity index (χ0v) is 19.7. The number of Topliss-reactive ketones (excluding diaryl/α,β-unsaturated/α-hetero) is 1. The first-order valence-corrected chi connectivity index (χ1v) is 12.3. The summed E-state index contributed by atoms with van der Waals surface area (Å²) in [5.41, 5.74) is -4.67. The number of hydrogen-bond acceptors (Lipinski definition) is 8. The Kier molecular flexibility index (Phi) is 5.39. The van der Waals surface area contributed by atoms with Crippen LogP contribution in [0.15, 0.2) is 24.0 Å². The first kappa shape index (κ1) is 23.7. The molecule has 0 aromatic heterocycles. The summed E-state index contributed by atoms with van der Waals surface area (Å²) in [6.07, 6.45) is 6.16. The summed E-state index contributed by atoms with van der Waals surface area (Å²) >= 11 is 0. The maximum Gasteiger partial charge on any atom is 0.302 e. The van der Waals surface area contributed by atoms with Crippen LogP contribution in [-0.2, 0) is 23.9 Å². The number of ketones is 1. The number of esters is 1. The van der Waals surface area contributed by atoms with Crippen LogP contribution in [0.2, 0.25) is 0 Å². The highest BCUT2D eigenvalue weighted by Gasteiger charge is 2.76. The van der Waals surface area contributed by atoms with Gasteiger partial charge in [0.05, 0.1) is 22.9 Å². The van der Waals surface area contributed by atoms with E-state index >= 15 is 0 Å². The third-order valence-electron chi connectivity index (χ3n) is 10.0. The molecule has 0 saturated heterocycles. The van der Waals surface area contributed by atoms with E-state index in [9.17, 15) is 29.7 Å². The summed E-state index contributed by atoms with van der Waals surface area (Å²) in [5, 5.41) is 35.5. The van der Waals surface area contributed by atoms with Crippen LogP contribution < -0.4 is 0 Å². The van der Waals surface area contributed by atoms with Crippen molar-refractivity contribution in [1.82, 2.24) is 0 Å². The fourth-order valence-corrected chi connectivity index (χ4v) is 8.39. The molecule has 0 aromatic carbocycles. The van der Waals surface area contributed by atoms with Crippen molar-refractivity contribution in [3.63, 3.8) is 0 Å². The van der Waals surface area contributed by atoms with Crippen LogP contribution in [0.25, 0.3) is 0 Å². The quantitative estimate of drug-likeness (QED) is 0.415. The van der Waals surface area contributed by atoms with Crippen molar-refractivity contribution in [2.75, 3.05) is 6.61 Å². The summed E-state index contributed by atoms with van der Waals surface area (Å²) in [6.45, 7) is 3.54. The van der Waals surface area contributed by atoms with Gasteiger partial charge in [0.25, 0.3) is 0 Å². The predicted molar refractivity (Wildman–Crippen MR) is 119 cm³/mol. The van der Waals surface area contributed by atoms with E-state index < -0.39 is 57.8 Å². The Bertz CT molecular complexity index is 972. The molecule has 0 aromatic rings. The van der Waals surface area contributed by atoms with Gasteiger partial charge in [-0.2, -0.15) is 0 Å². The van der Waals surface area contributed by atoms with Crippen LogP contribution in [0.1, 0.15) is 58.8 Å². The van der Waals surface area contributed by atoms with E-state index in [-0.39, 0.29) is 25.2 Å². The fourth-order valence-electron chi connectivity index (χ4n) is 8.39. The summed E-state index contributed by atoms with van der Waals surface area (Å²) in [6, 6.07) is 0. The van der Waals surface area contributed by atoms with E-state index in [1.807, 2.05) is 12.2 Å². The molecule has 5 rings (SSSR count).